The smallest absolute Gasteiger partial charge is 0.243 e. The summed E-state index contributed by atoms with van der Waals surface area (Å²) in [6.07, 6.45) is 3.92. The van der Waals surface area contributed by atoms with E-state index >= 15 is 0 Å². The van der Waals surface area contributed by atoms with E-state index in [-0.39, 0.29) is 0 Å². The van der Waals surface area contributed by atoms with E-state index in [1.54, 1.807) is 6.92 Å². The Bertz CT molecular complexity index is 460. The van der Waals surface area contributed by atoms with Crippen molar-refractivity contribution in [3.63, 3.8) is 0 Å². The van der Waals surface area contributed by atoms with Crippen molar-refractivity contribution >= 4 is 17.8 Å². The van der Waals surface area contributed by atoms with Gasteiger partial charge in [-0.3, -0.25) is 5.43 Å². The van der Waals surface area contributed by atoms with Crippen molar-refractivity contribution in [1.29, 1.82) is 0 Å². The topological polar surface area (TPSA) is 112 Å². The molecule has 0 saturated carbocycles. The zero-order chi connectivity index (χ0) is 15.3. The van der Waals surface area contributed by atoms with Crippen LogP contribution in [0.25, 0.3) is 0 Å². The molecule has 1 unspecified atom stereocenters. The molecule has 0 bridgehead atoms. The van der Waals surface area contributed by atoms with Gasteiger partial charge in [-0.1, -0.05) is 13.3 Å². The van der Waals surface area contributed by atoms with E-state index < -0.39 is 5.60 Å². The van der Waals surface area contributed by atoms with Gasteiger partial charge in [0.15, 0.2) is 0 Å². The normalized spacial score (nSPS) is 17.6. The fraction of sp³-hybridized carbons (Fsp3) is 0.769. The summed E-state index contributed by atoms with van der Waals surface area (Å²) >= 11 is 0. The number of hydrogen-bond donors (Lipinski definition) is 4. The van der Waals surface area contributed by atoms with Crippen LogP contribution in [-0.2, 0) is 0 Å². The molecule has 2 heterocycles. The molecule has 1 saturated heterocycles. The van der Waals surface area contributed by atoms with E-state index in [0.717, 1.165) is 32.4 Å². The van der Waals surface area contributed by atoms with Crippen LogP contribution in [0.15, 0.2) is 0 Å². The van der Waals surface area contributed by atoms with E-state index in [1.807, 2.05) is 6.92 Å². The van der Waals surface area contributed by atoms with Gasteiger partial charge in [-0.2, -0.15) is 15.0 Å². The second-order valence-electron chi connectivity index (χ2n) is 5.72. The van der Waals surface area contributed by atoms with Crippen molar-refractivity contribution in [3.8, 4) is 0 Å². The Morgan fingerprint density at radius 1 is 1.24 bits per heavy atom. The highest BCUT2D eigenvalue weighted by atomic mass is 16.3. The quantitative estimate of drug-likeness (QED) is 0.430. The maximum atomic E-state index is 10.2. The second-order valence-corrected chi connectivity index (χ2v) is 5.72. The van der Waals surface area contributed by atoms with Gasteiger partial charge in [-0.05, 0) is 26.2 Å². The average molecular weight is 295 g/mol. The van der Waals surface area contributed by atoms with Crippen LogP contribution in [0.5, 0.6) is 0 Å². The van der Waals surface area contributed by atoms with E-state index in [1.165, 1.54) is 0 Å². The van der Waals surface area contributed by atoms with Gasteiger partial charge in [-0.15, -0.1) is 0 Å². The van der Waals surface area contributed by atoms with Crippen molar-refractivity contribution < 1.29 is 5.11 Å². The molecule has 8 heteroatoms. The van der Waals surface area contributed by atoms with Crippen molar-refractivity contribution in [3.05, 3.63) is 0 Å². The number of nitrogens with two attached hydrogens (primary N) is 1. The zero-order valence-electron chi connectivity index (χ0n) is 12.8. The molecule has 0 amide bonds. The lowest BCUT2D eigenvalue weighted by Crippen LogP contribution is -2.34. The summed E-state index contributed by atoms with van der Waals surface area (Å²) in [5.74, 6) is 6.79. The number of nitrogen functional groups attached to an aromatic ring is 1. The molecule has 1 aliphatic heterocycles. The van der Waals surface area contributed by atoms with Gasteiger partial charge in [0.25, 0.3) is 0 Å². The number of nitrogens with one attached hydrogen (secondary N) is 2. The van der Waals surface area contributed by atoms with Gasteiger partial charge in [-0.25, -0.2) is 5.84 Å². The monoisotopic (exact) mass is 295 g/mol. The molecule has 1 aromatic rings. The molecule has 21 heavy (non-hydrogen) atoms. The molecule has 2 rings (SSSR count). The Balaban J connectivity index is 2.09. The first-order valence-corrected chi connectivity index (χ1v) is 7.48. The second kappa shape index (κ2) is 6.86. The summed E-state index contributed by atoms with van der Waals surface area (Å²) in [5, 5.41) is 13.3. The van der Waals surface area contributed by atoms with Crippen LogP contribution < -0.4 is 21.5 Å². The SMILES string of the molecule is CCCC(C)(O)CNc1nc(NN)nc(N2CCCC2)n1. The first-order chi connectivity index (χ1) is 10.0. The van der Waals surface area contributed by atoms with Crippen molar-refractivity contribution in [2.45, 2.75) is 45.1 Å². The van der Waals surface area contributed by atoms with Gasteiger partial charge in [0.05, 0.1) is 5.60 Å². The van der Waals surface area contributed by atoms with Gasteiger partial charge < -0.3 is 15.3 Å². The zero-order valence-corrected chi connectivity index (χ0v) is 12.8. The average Bonchev–Trinajstić information content (AvgIpc) is 2.99. The number of aromatic nitrogens is 3. The maximum Gasteiger partial charge on any atom is 0.243 e. The molecule has 1 atom stereocenters. The predicted octanol–water partition coefficient (Wildman–Crippen LogP) is 0.720. The minimum Gasteiger partial charge on any atom is -0.388 e. The fourth-order valence-corrected chi connectivity index (χ4v) is 2.46. The Morgan fingerprint density at radius 2 is 1.90 bits per heavy atom. The lowest BCUT2D eigenvalue weighted by molar-refractivity contribution is 0.0635. The van der Waals surface area contributed by atoms with Crippen molar-refractivity contribution in [2.24, 2.45) is 5.84 Å². The Labute approximate surface area is 125 Å². The number of rotatable bonds is 7. The number of hydrazine groups is 1. The molecular weight excluding hydrogens is 270 g/mol. The molecule has 5 N–H and O–H groups in total. The highest BCUT2D eigenvalue weighted by Crippen LogP contribution is 2.19. The molecule has 0 aromatic carbocycles. The number of hydrogen-bond acceptors (Lipinski definition) is 8. The number of nitrogens with zero attached hydrogens (tertiary/aromatic N) is 4. The Morgan fingerprint density at radius 3 is 2.52 bits per heavy atom. The molecule has 0 spiro atoms. The maximum absolute atomic E-state index is 10.2. The first kappa shape index (κ1) is 15.7. The largest absolute Gasteiger partial charge is 0.388 e. The molecule has 118 valence electrons. The van der Waals surface area contributed by atoms with Crippen LogP contribution in [0.3, 0.4) is 0 Å². The Kier molecular flexibility index (Phi) is 5.13. The standard InChI is InChI=1S/C13H25N7O/c1-3-6-13(2,21)9-15-10-16-11(19-14)18-12(17-10)20-7-4-5-8-20/h21H,3-9,14H2,1-2H3,(H2,15,16,17,18,19). The van der Waals surface area contributed by atoms with Crippen molar-refractivity contribution in [1.82, 2.24) is 15.0 Å². The van der Waals surface area contributed by atoms with Crippen LogP contribution in [-0.4, -0.2) is 45.3 Å². The van der Waals surface area contributed by atoms with Gasteiger partial charge in [0.1, 0.15) is 0 Å². The van der Waals surface area contributed by atoms with Gasteiger partial charge in [0, 0.05) is 19.6 Å². The third-order valence-corrected chi connectivity index (χ3v) is 3.56. The summed E-state index contributed by atoms with van der Waals surface area (Å²) in [7, 11) is 0. The van der Waals surface area contributed by atoms with Crippen LogP contribution in [0.2, 0.25) is 0 Å². The lowest BCUT2D eigenvalue weighted by atomic mass is 10.0. The van der Waals surface area contributed by atoms with Gasteiger partial charge >= 0.3 is 0 Å². The third-order valence-electron chi connectivity index (χ3n) is 3.56. The van der Waals surface area contributed by atoms with E-state index in [0.29, 0.717) is 30.8 Å². The molecule has 8 nitrogen and oxygen atoms in total. The molecular formula is C13H25N7O. The fourth-order valence-electron chi connectivity index (χ4n) is 2.46. The first-order valence-electron chi connectivity index (χ1n) is 7.48. The molecule has 1 aromatic heterocycles. The molecule has 0 radical (unpaired) electrons. The molecule has 0 aliphatic carbocycles. The van der Waals surface area contributed by atoms with E-state index in [9.17, 15) is 5.11 Å². The number of aliphatic hydroxyl groups is 1. The van der Waals surface area contributed by atoms with E-state index in [4.69, 9.17) is 5.84 Å². The summed E-state index contributed by atoms with van der Waals surface area (Å²) in [6.45, 7) is 6.11. The minimum absolute atomic E-state index is 0.324. The third kappa shape index (κ3) is 4.40. The van der Waals surface area contributed by atoms with Crippen LogP contribution in [0, 0.1) is 0 Å². The van der Waals surface area contributed by atoms with E-state index in [2.05, 4.69) is 30.6 Å². The van der Waals surface area contributed by atoms with Gasteiger partial charge in [0.2, 0.25) is 17.8 Å². The van der Waals surface area contributed by atoms with Crippen LogP contribution >= 0.6 is 0 Å². The molecule has 1 fully saturated rings. The van der Waals surface area contributed by atoms with Crippen LogP contribution in [0.1, 0.15) is 39.5 Å². The summed E-state index contributed by atoms with van der Waals surface area (Å²) in [4.78, 5) is 15.0. The van der Waals surface area contributed by atoms with Crippen LogP contribution in [0.4, 0.5) is 17.8 Å². The highest BCUT2D eigenvalue weighted by Gasteiger charge is 2.21. The Hall–Kier alpha value is -1.67. The number of anilines is 3. The summed E-state index contributed by atoms with van der Waals surface area (Å²) in [6, 6.07) is 0. The predicted molar refractivity (Wildman–Crippen MR) is 83.1 cm³/mol. The van der Waals surface area contributed by atoms with Crippen molar-refractivity contribution in [2.75, 3.05) is 35.3 Å². The highest BCUT2D eigenvalue weighted by molar-refractivity contribution is 5.43. The molecule has 1 aliphatic rings. The minimum atomic E-state index is -0.786. The lowest BCUT2D eigenvalue weighted by Gasteiger charge is -2.23. The summed E-state index contributed by atoms with van der Waals surface area (Å²) < 4.78 is 0. The summed E-state index contributed by atoms with van der Waals surface area (Å²) in [5.41, 5.74) is 1.68.